The van der Waals surface area contributed by atoms with Crippen LogP contribution in [0.2, 0.25) is 0 Å². The number of fused-ring (bicyclic) bond motifs is 1. The van der Waals surface area contributed by atoms with Crippen LogP contribution in [0.15, 0.2) is 30.5 Å². The summed E-state index contributed by atoms with van der Waals surface area (Å²) in [5.41, 5.74) is 2.46. The van der Waals surface area contributed by atoms with E-state index in [9.17, 15) is 4.79 Å². The fourth-order valence-corrected chi connectivity index (χ4v) is 2.43. The van der Waals surface area contributed by atoms with Crippen LogP contribution in [0.4, 0.5) is 0 Å². The smallest absolute Gasteiger partial charge is 0.222 e. The third-order valence-electron chi connectivity index (χ3n) is 3.85. The number of nitrogens with zero attached hydrogens (tertiary/aromatic N) is 2. The van der Waals surface area contributed by atoms with Crippen LogP contribution < -0.4 is 0 Å². The molecule has 0 aliphatic rings. The van der Waals surface area contributed by atoms with E-state index < -0.39 is 0 Å². The zero-order valence-corrected chi connectivity index (χ0v) is 12.7. The van der Waals surface area contributed by atoms with Crippen LogP contribution in [0.25, 0.3) is 10.9 Å². The van der Waals surface area contributed by atoms with Crippen LogP contribution in [0.1, 0.15) is 31.7 Å². The average Bonchev–Trinajstić information content (AvgIpc) is 2.83. The fourth-order valence-electron chi connectivity index (χ4n) is 2.43. The van der Waals surface area contributed by atoms with Gasteiger partial charge in [-0.2, -0.15) is 0 Å². The Morgan fingerprint density at radius 2 is 2.10 bits per heavy atom. The van der Waals surface area contributed by atoms with Crippen molar-refractivity contribution >= 4 is 16.8 Å². The highest BCUT2D eigenvalue weighted by molar-refractivity contribution is 5.81. The van der Waals surface area contributed by atoms with E-state index in [1.807, 2.05) is 11.9 Å². The molecular formula is C17H24N2O. The number of benzene rings is 1. The van der Waals surface area contributed by atoms with Gasteiger partial charge in [-0.25, -0.2) is 0 Å². The molecule has 0 aliphatic heterocycles. The van der Waals surface area contributed by atoms with E-state index in [1.165, 1.54) is 16.5 Å². The van der Waals surface area contributed by atoms with Gasteiger partial charge in [-0.1, -0.05) is 25.5 Å². The van der Waals surface area contributed by atoms with Crippen LogP contribution >= 0.6 is 0 Å². The summed E-state index contributed by atoms with van der Waals surface area (Å²) in [5.74, 6) is 0.241. The van der Waals surface area contributed by atoms with Crippen molar-refractivity contribution in [3.05, 3.63) is 36.0 Å². The predicted octanol–water partition coefficient (Wildman–Crippen LogP) is 3.37. The van der Waals surface area contributed by atoms with Crippen LogP contribution in [0, 0.1) is 0 Å². The molecule has 2 aromatic rings. The number of hydrogen-bond donors (Lipinski definition) is 0. The Bertz CT molecular complexity index is 586. The maximum atomic E-state index is 12.0. The molecule has 108 valence electrons. The van der Waals surface area contributed by atoms with Gasteiger partial charge in [0.1, 0.15) is 0 Å². The highest BCUT2D eigenvalue weighted by atomic mass is 16.2. The van der Waals surface area contributed by atoms with Crippen LogP contribution in [0.3, 0.4) is 0 Å². The molecule has 0 N–H and O–H groups in total. The lowest BCUT2D eigenvalue weighted by atomic mass is 10.1. The Morgan fingerprint density at radius 1 is 1.30 bits per heavy atom. The normalized spacial score (nSPS) is 10.9. The van der Waals surface area contributed by atoms with Gasteiger partial charge in [0.2, 0.25) is 5.91 Å². The van der Waals surface area contributed by atoms with E-state index in [-0.39, 0.29) is 5.91 Å². The molecule has 0 unspecified atom stereocenters. The number of unbranched alkanes of at least 4 members (excludes halogenated alkanes) is 1. The summed E-state index contributed by atoms with van der Waals surface area (Å²) < 4.78 is 2.12. The second-order valence-corrected chi connectivity index (χ2v) is 5.49. The third-order valence-corrected chi connectivity index (χ3v) is 3.85. The minimum atomic E-state index is 0.241. The molecular weight excluding hydrogens is 248 g/mol. The van der Waals surface area contributed by atoms with E-state index in [0.717, 1.165) is 25.8 Å². The van der Waals surface area contributed by atoms with E-state index in [1.54, 1.807) is 0 Å². The Morgan fingerprint density at radius 3 is 2.85 bits per heavy atom. The monoisotopic (exact) mass is 272 g/mol. The molecule has 1 aromatic heterocycles. The quantitative estimate of drug-likeness (QED) is 0.791. The lowest BCUT2D eigenvalue weighted by molar-refractivity contribution is -0.129. The molecule has 0 aliphatic carbocycles. The van der Waals surface area contributed by atoms with Gasteiger partial charge in [0, 0.05) is 38.8 Å². The molecule has 0 radical (unpaired) electrons. The number of rotatable bonds is 6. The molecule has 0 bridgehead atoms. The molecule has 2 rings (SSSR count). The van der Waals surface area contributed by atoms with Gasteiger partial charge in [-0.05, 0) is 35.9 Å². The van der Waals surface area contributed by atoms with Crippen LogP contribution in [-0.4, -0.2) is 29.0 Å². The number of carbonyl (C=O) groups is 1. The van der Waals surface area contributed by atoms with Crippen LogP contribution in [-0.2, 0) is 18.3 Å². The zero-order chi connectivity index (χ0) is 14.5. The molecule has 0 fully saturated rings. The summed E-state index contributed by atoms with van der Waals surface area (Å²) in [4.78, 5) is 13.9. The molecule has 1 aromatic carbocycles. The average molecular weight is 272 g/mol. The first kappa shape index (κ1) is 14.6. The van der Waals surface area contributed by atoms with Gasteiger partial charge in [0.05, 0.1) is 0 Å². The van der Waals surface area contributed by atoms with Gasteiger partial charge in [-0.3, -0.25) is 4.79 Å². The summed E-state index contributed by atoms with van der Waals surface area (Å²) in [6.45, 7) is 3.01. The molecule has 20 heavy (non-hydrogen) atoms. The summed E-state index contributed by atoms with van der Waals surface area (Å²) >= 11 is 0. The minimum Gasteiger partial charge on any atom is -0.351 e. The molecule has 0 spiro atoms. The highest BCUT2D eigenvalue weighted by Gasteiger charge is 2.08. The number of amides is 1. The van der Waals surface area contributed by atoms with Crippen LogP contribution in [0.5, 0.6) is 0 Å². The van der Waals surface area contributed by atoms with Crippen molar-refractivity contribution in [3.8, 4) is 0 Å². The van der Waals surface area contributed by atoms with Crippen molar-refractivity contribution in [1.29, 1.82) is 0 Å². The first-order valence-electron chi connectivity index (χ1n) is 7.39. The second-order valence-electron chi connectivity index (χ2n) is 5.49. The van der Waals surface area contributed by atoms with Gasteiger partial charge < -0.3 is 9.47 Å². The van der Waals surface area contributed by atoms with E-state index >= 15 is 0 Å². The van der Waals surface area contributed by atoms with E-state index in [4.69, 9.17) is 0 Å². The molecule has 0 saturated heterocycles. The Labute approximate surface area is 121 Å². The highest BCUT2D eigenvalue weighted by Crippen LogP contribution is 2.17. The van der Waals surface area contributed by atoms with Crippen molar-refractivity contribution in [1.82, 2.24) is 9.47 Å². The number of hydrogen-bond acceptors (Lipinski definition) is 1. The van der Waals surface area contributed by atoms with Crippen molar-refractivity contribution < 1.29 is 4.79 Å². The molecule has 1 heterocycles. The van der Waals surface area contributed by atoms with Crippen molar-refractivity contribution in [3.63, 3.8) is 0 Å². The molecule has 1 amide bonds. The van der Waals surface area contributed by atoms with Gasteiger partial charge >= 0.3 is 0 Å². The fraction of sp³-hybridized carbons (Fsp3) is 0.471. The topological polar surface area (TPSA) is 25.2 Å². The maximum Gasteiger partial charge on any atom is 0.222 e. The Balaban J connectivity index is 1.95. The standard InChI is InChI=1S/C17H24N2O/c1-4-5-11-19(3)17(20)9-7-14-6-8-15-10-12-18(2)16(15)13-14/h6,8,10,12-13H,4-5,7,9,11H2,1-3H3. The first-order valence-corrected chi connectivity index (χ1v) is 7.39. The third kappa shape index (κ3) is 3.41. The molecule has 3 heteroatoms. The minimum absolute atomic E-state index is 0.241. The van der Waals surface area contributed by atoms with Crippen molar-refractivity contribution in [2.24, 2.45) is 7.05 Å². The van der Waals surface area contributed by atoms with Gasteiger partial charge in [-0.15, -0.1) is 0 Å². The van der Waals surface area contributed by atoms with Crippen molar-refractivity contribution in [2.75, 3.05) is 13.6 Å². The second kappa shape index (κ2) is 6.60. The molecule has 0 atom stereocenters. The zero-order valence-electron chi connectivity index (χ0n) is 12.7. The SMILES string of the molecule is CCCCN(C)C(=O)CCc1ccc2ccn(C)c2c1. The number of aryl methyl sites for hydroxylation is 2. The van der Waals surface area contributed by atoms with Crippen molar-refractivity contribution in [2.45, 2.75) is 32.6 Å². The largest absolute Gasteiger partial charge is 0.351 e. The summed E-state index contributed by atoms with van der Waals surface area (Å²) in [6, 6.07) is 8.56. The maximum absolute atomic E-state index is 12.0. The Kier molecular flexibility index (Phi) is 4.83. The van der Waals surface area contributed by atoms with Gasteiger partial charge in [0.15, 0.2) is 0 Å². The van der Waals surface area contributed by atoms with E-state index in [2.05, 4.69) is 49.0 Å². The van der Waals surface area contributed by atoms with E-state index in [0.29, 0.717) is 6.42 Å². The summed E-state index contributed by atoms with van der Waals surface area (Å²) in [5, 5.41) is 1.25. The first-order chi connectivity index (χ1) is 9.61. The number of aromatic nitrogens is 1. The van der Waals surface area contributed by atoms with Gasteiger partial charge in [0.25, 0.3) is 0 Å². The Hall–Kier alpha value is -1.77. The molecule has 3 nitrogen and oxygen atoms in total. The summed E-state index contributed by atoms with van der Waals surface area (Å²) in [7, 11) is 3.95. The molecule has 0 saturated carbocycles. The lowest BCUT2D eigenvalue weighted by Gasteiger charge is -2.16. The number of carbonyl (C=O) groups excluding carboxylic acids is 1. The predicted molar refractivity (Wildman–Crippen MR) is 83.8 cm³/mol. The lowest BCUT2D eigenvalue weighted by Crippen LogP contribution is -2.27. The summed E-state index contributed by atoms with van der Waals surface area (Å²) in [6.07, 6.45) is 5.68.